The van der Waals surface area contributed by atoms with E-state index in [1.54, 1.807) is 30.5 Å². The van der Waals surface area contributed by atoms with E-state index in [1.165, 1.54) is 22.4 Å². The molecule has 6 heteroatoms. The molecule has 0 saturated carbocycles. The highest BCUT2D eigenvalue weighted by atomic mass is 16.4. The van der Waals surface area contributed by atoms with Crippen molar-refractivity contribution in [2.24, 2.45) is 7.05 Å². The fourth-order valence-electron chi connectivity index (χ4n) is 1.85. The van der Waals surface area contributed by atoms with Gasteiger partial charge in [0.15, 0.2) is 0 Å². The SMILES string of the molecule is Cn1ccn(Cc2ccc(CC(=O)O)cc2)c(=O)c1=O. The molecule has 1 aromatic carbocycles. The first-order valence-corrected chi connectivity index (χ1v) is 6.03. The smallest absolute Gasteiger partial charge is 0.316 e. The van der Waals surface area contributed by atoms with Gasteiger partial charge in [0.1, 0.15) is 0 Å². The minimum absolute atomic E-state index is 0.0356. The average Bonchev–Trinajstić information content (AvgIpc) is 2.41. The van der Waals surface area contributed by atoms with Gasteiger partial charge in [-0.1, -0.05) is 24.3 Å². The number of hydrogen-bond donors (Lipinski definition) is 1. The summed E-state index contributed by atoms with van der Waals surface area (Å²) >= 11 is 0. The largest absolute Gasteiger partial charge is 0.481 e. The second-order valence-electron chi connectivity index (χ2n) is 4.53. The first-order chi connectivity index (χ1) is 9.47. The zero-order chi connectivity index (χ0) is 14.7. The number of carboxylic acids is 1. The lowest BCUT2D eigenvalue weighted by atomic mass is 10.1. The van der Waals surface area contributed by atoms with E-state index in [4.69, 9.17) is 5.11 Å². The lowest BCUT2D eigenvalue weighted by Gasteiger charge is -2.07. The third-order valence-corrected chi connectivity index (χ3v) is 2.97. The Morgan fingerprint density at radius 2 is 1.65 bits per heavy atom. The van der Waals surface area contributed by atoms with Crippen LogP contribution in [-0.2, 0) is 24.8 Å². The Hall–Kier alpha value is -2.63. The molecule has 104 valence electrons. The minimum Gasteiger partial charge on any atom is -0.481 e. The summed E-state index contributed by atoms with van der Waals surface area (Å²) in [6, 6.07) is 6.91. The van der Waals surface area contributed by atoms with Crippen LogP contribution in [0.15, 0.2) is 46.2 Å². The van der Waals surface area contributed by atoms with Gasteiger partial charge in [0.05, 0.1) is 13.0 Å². The molecule has 0 bridgehead atoms. The predicted octanol–water partition coefficient (Wildman–Crippen LogP) is 0.222. The highest BCUT2D eigenvalue weighted by Gasteiger charge is 2.04. The normalized spacial score (nSPS) is 10.4. The summed E-state index contributed by atoms with van der Waals surface area (Å²) in [5.41, 5.74) is 0.367. The van der Waals surface area contributed by atoms with Crippen LogP contribution in [0, 0.1) is 0 Å². The van der Waals surface area contributed by atoms with Gasteiger partial charge in [-0.2, -0.15) is 0 Å². The summed E-state index contributed by atoms with van der Waals surface area (Å²) in [7, 11) is 1.52. The summed E-state index contributed by atoms with van der Waals surface area (Å²) in [4.78, 5) is 33.9. The molecular formula is C14H14N2O4. The van der Waals surface area contributed by atoms with Gasteiger partial charge in [0.25, 0.3) is 0 Å². The monoisotopic (exact) mass is 274 g/mol. The molecule has 0 aliphatic rings. The average molecular weight is 274 g/mol. The first kappa shape index (κ1) is 13.8. The summed E-state index contributed by atoms with van der Waals surface area (Å²) in [6.07, 6.45) is 3.05. The van der Waals surface area contributed by atoms with Gasteiger partial charge < -0.3 is 14.2 Å². The van der Waals surface area contributed by atoms with Crippen LogP contribution in [0.4, 0.5) is 0 Å². The Morgan fingerprint density at radius 3 is 2.25 bits per heavy atom. The van der Waals surface area contributed by atoms with Crippen molar-refractivity contribution in [2.45, 2.75) is 13.0 Å². The van der Waals surface area contributed by atoms with E-state index in [-0.39, 0.29) is 13.0 Å². The number of aromatic nitrogens is 2. The number of benzene rings is 1. The van der Waals surface area contributed by atoms with E-state index in [1.807, 2.05) is 0 Å². The molecule has 0 saturated heterocycles. The molecule has 0 spiro atoms. The van der Waals surface area contributed by atoms with Crippen LogP contribution in [0.2, 0.25) is 0 Å². The number of hydrogen-bond acceptors (Lipinski definition) is 3. The highest BCUT2D eigenvalue weighted by Crippen LogP contribution is 2.06. The van der Waals surface area contributed by atoms with Crippen LogP contribution in [0.5, 0.6) is 0 Å². The molecule has 0 aliphatic heterocycles. The number of aryl methyl sites for hydroxylation is 1. The molecule has 6 nitrogen and oxygen atoms in total. The van der Waals surface area contributed by atoms with Crippen LogP contribution in [0.25, 0.3) is 0 Å². The van der Waals surface area contributed by atoms with Crippen LogP contribution in [0.3, 0.4) is 0 Å². The molecule has 20 heavy (non-hydrogen) atoms. The first-order valence-electron chi connectivity index (χ1n) is 6.03. The zero-order valence-electron chi connectivity index (χ0n) is 10.9. The van der Waals surface area contributed by atoms with E-state index >= 15 is 0 Å². The molecule has 2 rings (SSSR count). The molecule has 2 aromatic rings. The van der Waals surface area contributed by atoms with Gasteiger partial charge in [0.2, 0.25) is 0 Å². The lowest BCUT2D eigenvalue weighted by molar-refractivity contribution is -0.136. The van der Waals surface area contributed by atoms with Gasteiger partial charge in [-0.05, 0) is 11.1 Å². The molecule has 0 fully saturated rings. The second kappa shape index (κ2) is 5.56. The topological polar surface area (TPSA) is 81.3 Å². The Balaban J connectivity index is 2.23. The Labute approximate surface area is 114 Å². The van der Waals surface area contributed by atoms with Crippen molar-refractivity contribution in [3.05, 3.63) is 68.5 Å². The molecule has 0 unspecified atom stereocenters. The number of nitrogens with zero attached hydrogens (tertiary/aromatic N) is 2. The molecule has 1 N–H and O–H groups in total. The Morgan fingerprint density at radius 1 is 1.05 bits per heavy atom. The van der Waals surface area contributed by atoms with Gasteiger partial charge in [-0.25, -0.2) is 0 Å². The van der Waals surface area contributed by atoms with Crippen molar-refractivity contribution in [3.63, 3.8) is 0 Å². The molecule has 0 aliphatic carbocycles. The maximum Gasteiger partial charge on any atom is 0.316 e. The molecule has 0 atom stereocenters. The molecule has 0 amide bonds. The fourth-order valence-corrected chi connectivity index (χ4v) is 1.85. The Bertz CT molecular complexity index is 741. The molecule has 1 aromatic heterocycles. The van der Waals surface area contributed by atoms with Gasteiger partial charge in [-0.15, -0.1) is 0 Å². The minimum atomic E-state index is -0.888. The van der Waals surface area contributed by atoms with Crippen LogP contribution >= 0.6 is 0 Å². The van der Waals surface area contributed by atoms with Crippen LogP contribution < -0.4 is 11.1 Å². The number of carbonyl (C=O) groups is 1. The third-order valence-electron chi connectivity index (χ3n) is 2.97. The van der Waals surface area contributed by atoms with Crippen molar-refractivity contribution in [2.75, 3.05) is 0 Å². The molecule has 0 radical (unpaired) electrons. The van der Waals surface area contributed by atoms with Crippen molar-refractivity contribution < 1.29 is 9.90 Å². The van der Waals surface area contributed by atoms with Gasteiger partial charge in [0, 0.05) is 19.4 Å². The molecule has 1 heterocycles. The van der Waals surface area contributed by atoms with Crippen molar-refractivity contribution in [1.82, 2.24) is 9.13 Å². The number of aliphatic carboxylic acids is 1. The van der Waals surface area contributed by atoms with Crippen molar-refractivity contribution in [1.29, 1.82) is 0 Å². The maximum absolute atomic E-state index is 11.8. The fraction of sp³-hybridized carbons (Fsp3) is 0.214. The quantitative estimate of drug-likeness (QED) is 0.809. The highest BCUT2D eigenvalue weighted by molar-refractivity contribution is 5.70. The van der Waals surface area contributed by atoms with Gasteiger partial charge in [-0.3, -0.25) is 14.4 Å². The second-order valence-corrected chi connectivity index (χ2v) is 4.53. The van der Waals surface area contributed by atoms with Gasteiger partial charge >= 0.3 is 17.1 Å². The van der Waals surface area contributed by atoms with E-state index < -0.39 is 17.1 Å². The van der Waals surface area contributed by atoms with Crippen LogP contribution in [-0.4, -0.2) is 20.2 Å². The summed E-state index contributed by atoms with van der Waals surface area (Å²) < 4.78 is 2.56. The standard InChI is InChI=1S/C14H14N2O4/c1-15-6-7-16(14(20)13(15)19)9-11-4-2-10(3-5-11)8-12(17)18/h2-7H,8-9H2,1H3,(H,17,18). The summed E-state index contributed by atoms with van der Waals surface area (Å²) in [5.74, 6) is -0.888. The maximum atomic E-state index is 11.8. The number of carboxylic acid groups (broad SMARTS) is 1. The van der Waals surface area contributed by atoms with E-state index in [0.29, 0.717) is 5.56 Å². The van der Waals surface area contributed by atoms with E-state index in [2.05, 4.69) is 0 Å². The summed E-state index contributed by atoms with van der Waals surface area (Å²) in [6.45, 7) is 0.280. The molecular weight excluding hydrogens is 260 g/mol. The van der Waals surface area contributed by atoms with E-state index in [9.17, 15) is 14.4 Å². The van der Waals surface area contributed by atoms with Crippen molar-refractivity contribution in [3.8, 4) is 0 Å². The number of rotatable bonds is 4. The zero-order valence-corrected chi connectivity index (χ0v) is 10.9. The van der Waals surface area contributed by atoms with Crippen molar-refractivity contribution >= 4 is 5.97 Å². The van der Waals surface area contributed by atoms with E-state index in [0.717, 1.165) is 5.56 Å². The summed E-state index contributed by atoms with van der Waals surface area (Å²) in [5, 5.41) is 8.68. The Kier molecular flexibility index (Phi) is 3.84. The predicted molar refractivity (Wildman–Crippen MR) is 72.8 cm³/mol. The lowest BCUT2D eigenvalue weighted by Crippen LogP contribution is -2.39. The third kappa shape index (κ3) is 3.03. The van der Waals surface area contributed by atoms with Crippen LogP contribution in [0.1, 0.15) is 11.1 Å².